The molecule has 2 aliphatic rings. The smallest absolute Gasteiger partial charge is 0.166 e. The van der Waals surface area contributed by atoms with E-state index in [-0.39, 0.29) is 5.92 Å². The lowest BCUT2D eigenvalue weighted by molar-refractivity contribution is 0.222. The fourth-order valence-corrected chi connectivity index (χ4v) is 1.66. The number of allylic oxidation sites excluding steroid dienone is 1. The van der Waals surface area contributed by atoms with Crippen LogP contribution in [0.1, 0.15) is 6.92 Å². The molecule has 2 rings (SSSR count). The summed E-state index contributed by atoms with van der Waals surface area (Å²) in [7, 11) is 1.65. The number of methoxy groups -OCH3 is 1. The first-order valence-corrected chi connectivity index (χ1v) is 4.38. The minimum absolute atomic E-state index is 0.0707. The summed E-state index contributed by atoms with van der Waals surface area (Å²) < 4.78 is 5.10. The summed E-state index contributed by atoms with van der Waals surface area (Å²) in [5.41, 5.74) is 7.71. The van der Waals surface area contributed by atoms with Gasteiger partial charge in [0.2, 0.25) is 0 Å². The maximum absolute atomic E-state index is 5.73. The fourth-order valence-electron chi connectivity index (χ4n) is 1.66. The van der Waals surface area contributed by atoms with Crippen LogP contribution in [0.4, 0.5) is 0 Å². The van der Waals surface area contributed by atoms with Crippen molar-refractivity contribution in [3.8, 4) is 0 Å². The molecule has 0 amide bonds. The molecule has 5 nitrogen and oxygen atoms in total. The molecule has 0 spiro atoms. The Bertz CT molecular complexity index is 378. The SMILES string of the molecule is COCC1=CC(C)=NC2=NN=C(N)[C@@H]12. The molecule has 2 aliphatic heterocycles. The Hall–Kier alpha value is -1.49. The van der Waals surface area contributed by atoms with Crippen LogP contribution < -0.4 is 5.73 Å². The van der Waals surface area contributed by atoms with Crippen LogP contribution in [0.3, 0.4) is 0 Å². The topological polar surface area (TPSA) is 72.3 Å². The molecule has 0 bridgehead atoms. The van der Waals surface area contributed by atoms with Crippen molar-refractivity contribution >= 4 is 17.4 Å². The highest BCUT2D eigenvalue weighted by Crippen LogP contribution is 2.23. The average Bonchev–Trinajstić information content (AvgIpc) is 2.48. The number of amidine groups is 2. The zero-order valence-corrected chi connectivity index (χ0v) is 8.19. The Morgan fingerprint density at radius 3 is 3.00 bits per heavy atom. The van der Waals surface area contributed by atoms with Gasteiger partial charge in [0.05, 0.1) is 6.61 Å². The molecule has 74 valence electrons. The standard InChI is InChI=1S/C9H12N4O/c1-5-3-6(4-14-2)7-8(10)12-13-9(7)11-5/h3,7H,4H2,1-2H3,(H2,10,12)/t7-/m1/s1. The van der Waals surface area contributed by atoms with Crippen molar-refractivity contribution in [3.05, 3.63) is 11.6 Å². The summed E-state index contributed by atoms with van der Waals surface area (Å²) in [6.07, 6.45) is 1.97. The van der Waals surface area contributed by atoms with Crippen LogP contribution >= 0.6 is 0 Å². The number of dihydropyridines is 1. The summed E-state index contributed by atoms with van der Waals surface area (Å²) in [4.78, 5) is 4.27. The molecule has 0 aromatic carbocycles. The van der Waals surface area contributed by atoms with Crippen molar-refractivity contribution in [1.82, 2.24) is 0 Å². The van der Waals surface area contributed by atoms with E-state index in [0.717, 1.165) is 11.3 Å². The second-order valence-corrected chi connectivity index (χ2v) is 3.32. The maximum Gasteiger partial charge on any atom is 0.166 e. The van der Waals surface area contributed by atoms with E-state index in [1.807, 2.05) is 13.0 Å². The summed E-state index contributed by atoms with van der Waals surface area (Å²) in [6.45, 7) is 2.45. The highest BCUT2D eigenvalue weighted by Gasteiger charge is 2.31. The lowest BCUT2D eigenvalue weighted by atomic mass is 9.94. The normalized spacial score (nSPS) is 24.9. The molecule has 2 N–H and O–H groups in total. The number of rotatable bonds is 2. The van der Waals surface area contributed by atoms with E-state index in [0.29, 0.717) is 18.3 Å². The third kappa shape index (κ3) is 1.35. The molecule has 0 saturated heterocycles. The number of aliphatic imine (C=N–C) groups is 1. The summed E-state index contributed by atoms with van der Waals surface area (Å²) in [5.74, 6) is 1.10. The van der Waals surface area contributed by atoms with E-state index in [4.69, 9.17) is 10.5 Å². The van der Waals surface area contributed by atoms with Crippen molar-refractivity contribution in [2.45, 2.75) is 6.92 Å². The van der Waals surface area contributed by atoms with Gasteiger partial charge >= 0.3 is 0 Å². The molecule has 0 fully saturated rings. The maximum atomic E-state index is 5.73. The molecule has 5 heteroatoms. The van der Waals surface area contributed by atoms with Crippen molar-refractivity contribution in [2.75, 3.05) is 13.7 Å². The quantitative estimate of drug-likeness (QED) is 0.685. The largest absolute Gasteiger partial charge is 0.385 e. The predicted molar refractivity (Wildman–Crippen MR) is 55.6 cm³/mol. The van der Waals surface area contributed by atoms with Gasteiger partial charge in [-0.25, -0.2) is 4.99 Å². The zero-order chi connectivity index (χ0) is 10.1. The van der Waals surface area contributed by atoms with Crippen LogP contribution in [0.2, 0.25) is 0 Å². The van der Waals surface area contributed by atoms with Gasteiger partial charge in [0.1, 0.15) is 11.8 Å². The van der Waals surface area contributed by atoms with Crippen LogP contribution in [0, 0.1) is 5.92 Å². The number of nitrogens with zero attached hydrogens (tertiary/aromatic N) is 3. The van der Waals surface area contributed by atoms with Gasteiger partial charge in [-0.15, -0.1) is 10.2 Å². The van der Waals surface area contributed by atoms with Crippen LogP contribution in [0.5, 0.6) is 0 Å². The van der Waals surface area contributed by atoms with Gasteiger partial charge in [0.25, 0.3) is 0 Å². The van der Waals surface area contributed by atoms with E-state index in [1.165, 1.54) is 0 Å². The monoisotopic (exact) mass is 192 g/mol. The molecule has 0 unspecified atom stereocenters. The predicted octanol–water partition coefficient (Wildman–Crippen LogP) is 0.334. The van der Waals surface area contributed by atoms with Gasteiger partial charge in [0, 0.05) is 12.8 Å². The molecule has 0 aromatic heterocycles. The van der Waals surface area contributed by atoms with E-state index >= 15 is 0 Å². The molecule has 0 radical (unpaired) electrons. The molecule has 0 saturated carbocycles. The van der Waals surface area contributed by atoms with Crippen molar-refractivity contribution in [3.63, 3.8) is 0 Å². The van der Waals surface area contributed by atoms with Crippen LogP contribution in [-0.4, -0.2) is 31.1 Å². The molecule has 14 heavy (non-hydrogen) atoms. The first-order valence-electron chi connectivity index (χ1n) is 4.38. The van der Waals surface area contributed by atoms with Crippen molar-refractivity contribution in [2.24, 2.45) is 26.8 Å². The highest BCUT2D eigenvalue weighted by atomic mass is 16.5. The van der Waals surface area contributed by atoms with E-state index in [1.54, 1.807) is 7.11 Å². The van der Waals surface area contributed by atoms with Crippen LogP contribution in [-0.2, 0) is 4.74 Å². The Morgan fingerprint density at radius 2 is 2.29 bits per heavy atom. The minimum Gasteiger partial charge on any atom is -0.385 e. The Balaban J connectivity index is 2.34. The minimum atomic E-state index is -0.0707. The van der Waals surface area contributed by atoms with Gasteiger partial charge in [-0.3, -0.25) is 0 Å². The van der Waals surface area contributed by atoms with E-state index < -0.39 is 0 Å². The molecule has 0 aliphatic carbocycles. The number of nitrogens with two attached hydrogens (primary N) is 1. The number of hydrogen-bond acceptors (Lipinski definition) is 5. The highest BCUT2D eigenvalue weighted by molar-refractivity contribution is 6.18. The molecular weight excluding hydrogens is 180 g/mol. The van der Waals surface area contributed by atoms with E-state index in [2.05, 4.69) is 15.2 Å². The van der Waals surface area contributed by atoms with Crippen LogP contribution in [0.25, 0.3) is 0 Å². The first-order chi connectivity index (χ1) is 6.72. The number of fused-ring (bicyclic) bond motifs is 1. The van der Waals surface area contributed by atoms with Crippen molar-refractivity contribution < 1.29 is 4.74 Å². The van der Waals surface area contributed by atoms with Gasteiger partial charge in [-0.2, -0.15) is 0 Å². The lowest BCUT2D eigenvalue weighted by Crippen LogP contribution is -2.32. The van der Waals surface area contributed by atoms with Crippen molar-refractivity contribution in [1.29, 1.82) is 0 Å². The third-order valence-corrected chi connectivity index (χ3v) is 2.19. The Morgan fingerprint density at radius 1 is 1.50 bits per heavy atom. The average molecular weight is 192 g/mol. The zero-order valence-electron chi connectivity index (χ0n) is 8.19. The molecule has 2 heterocycles. The van der Waals surface area contributed by atoms with Gasteiger partial charge in [-0.05, 0) is 18.6 Å². The second-order valence-electron chi connectivity index (χ2n) is 3.32. The molecule has 1 atom stereocenters. The second kappa shape index (κ2) is 3.34. The summed E-state index contributed by atoms with van der Waals surface area (Å²) in [5, 5.41) is 7.74. The lowest BCUT2D eigenvalue weighted by Gasteiger charge is -2.18. The van der Waals surface area contributed by atoms with Gasteiger partial charge in [-0.1, -0.05) is 0 Å². The Labute approximate surface area is 82.1 Å². The van der Waals surface area contributed by atoms with Crippen LogP contribution in [0.15, 0.2) is 26.8 Å². The van der Waals surface area contributed by atoms with Gasteiger partial charge in [0.15, 0.2) is 5.84 Å². The van der Waals surface area contributed by atoms with E-state index in [9.17, 15) is 0 Å². The fraction of sp³-hybridized carbons (Fsp3) is 0.444. The number of ether oxygens (including phenoxy) is 1. The Kier molecular flexibility index (Phi) is 2.17. The number of hydrogen-bond donors (Lipinski definition) is 1. The first kappa shape index (κ1) is 9.08. The third-order valence-electron chi connectivity index (χ3n) is 2.19. The molecule has 0 aromatic rings. The van der Waals surface area contributed by atoms with Gasteiger partial charge < -0.3 is 10.5 Å². The summed E-state index contributed by atoms with van der Waals surface area (Å²) in [6, 6.07) is 0. The summed E-state index contributed by atoms with van der Waals surface area (Å²) >= 11 is 0. The molecular formula is C9H12N4O.